The first-order valence-corrected chi connectivity index (χ1v) is 4.04. The van der Waals surface area contributed by atoms with Gasteiger partial charge in [0.1, 0.15) is 0 Å². The van der Waals surface area contributed by atoms with E-state index in [1.54, 1.807) is 0 Å². The van der Waals surface area contributed by atoms with Crippen LogP contribution >= 0.6 is 0 Å². The summed E-state index contributed by atoms with van der Waals surface area (Å²) in [5, 5.41) is 0. The molecule has 0 unspecified atom stereocenters. The minimum atomic E-state index is -0.173. The molecule has 64 valence electrons. The molecule has 0 radical (unpaired) electrons. The predicted octanol–water partition coefficient (Wildman–Crippen LogP) is 2.64. The third-order valence-corrected chi connectivity index (χ3v) is 1.48. The van der Waals surface area contributed by atoms with Gasteiger partial charge in [-0.2, -0.15) is 0 Å². The van der Waals surface area contributed by atoms with Gasteiger partial charge in [-0.15, -0.1) is 0 Å². The van der Waals surface area contributed by atoms with Crippen LogP contribution in [0.5, 0.6) is 0 Å². The zero-order chi connectivity index (χ0) is 8.91. The summed E-state index contributed by atoms with van der Waals surface area (Å²) in [6, 6.07) is 0. The Hall–Kier alpha value is -0.560. The number of hydrogen-bond acceptors (Lipinski definition) is 1. The molecule has 0 heterocycles. The molecule has 0 atom stereocenters. The minimum Gasteiger partial charge on any atom is -0.322 e. The first-order chi connectivity index (χ1) is 4.95. The molecule has 0 saturated carbocycles. The van der Waals surface area contributed by atoms with Crippen LogP contribution in [0.3, 0.4) is 0 Å². The first kappa shape index (κ1) is 10.4. The molecule has 0 fully saturated rings. The molecule has 0 aliphatic heterocycles. The van der Waals surface area contributed by atoms with Crippen molar-refractivity contribution in [1.82, 2.24) is 0 Å². The highest BCUT2D eigenvalue weighted by atomic mass is 14.7. The molecule has 0 rings (SSSR count). The van der Waals surface area contributed by atoms with Crippen LogP contribution < -0.4 is 5.73 Å². The Morgan fingerprint density at radius 3 is 2.36 bits per heavy atom. The van der Waals surface area contributed by atoms with E-state index in [0.717, 1.165) is 6.42 Å². The Balaban J connectivity index is 3.79. The average molecular weight is 153 g/mol. The molecule has 0 aromatic carbocycles. The second kappa shape index (κ2) is 4.35. The van der Waals surface area contributed by atoms with Gasteiger partial charge in [-0.25, -0.2) is 0 Å². The number of hydrogen-bond donors (Lipinski definition) is 1. The Morgan fingerprint density at radius 2 is 2.00 bits per heavy atom. The largest absolute Gasteiger partial charge is 0.322 e. The van der Waals surface area contributed by atoms with Gasteiger partial charge in [-0.3, -0.25) is 0 Å². The highest BCUT2D eigenvalue weighted by Gasteiger charge is 2.02. The molecule has 0 aliphatic carbocycles. The van der Waals surface area contributed by atoms with Gasteiger partial charge >= 0.3 is 0 Å². The average Bonchev–Trinajstić information content (AvgIpc) is 1.85. The van der Waals surface area contributed by atoms with Gasteiger partial charge in [0.25, 0.3) is 0 Å². The quantitative estimate of drug-likeness (QED) is 0.620. The van der Waals surface area contributed by atoms with Crippen LogP contribution in [-0.4, -0.2) is 5.54 Å². The van der Waals surface area contributed by atoms with E-state index >= 15 is 0 Å². The summed E-state index contributed by atoms with van der Waals surface area (Å²) in [6.07, 6.45) is 7.29. The van der Waals surface area contributed by atoms with Crippen LogP contribution in [0.2, 0.25) is 0 Å². The van der Waals surface area contributed by atoms with Crippen LogP contribution in [0, 0.1) is 0 Å². The fourth-order valence-electron chi connectivity index (χ4n) is 0.666. The summed E-state index contributed by atoms with van der Waals surface area (Å²) in [7, 11) is 0. The topological polar surface area (TPSA) is 26.0 Å². The van der Waals surface area contributed by atoms with Crippen LogP contribution in [0.25, 0.3) is 0 Å². The molecule has 0 aromatic rings. The Labute approximate surface area is 70.0 Å². The Kier molecular flexibility index (Phi) is 4.12. The number of nitrogens with two attached hydrogens (primary N) is 1. The van der Waals surface area contributed by atoms with Gasteiger partial charge in [0.05, 0.1) is 0 Å². The lowest BCUT2D eigenvalue weighted by Crippen LogP contribution is -2.28. The molecule has 2 N–H and O–H groups in total. The zero-order valence-corrected chi connectivity index (χ0v) is 8.02. The van der Waals surface area contributed by atoms with E-state index in [-0.39, 0.29) is 5.54 Å². The van der Waals surface area contributed by atoms with Crippen LogP contribution in [0.1, 0.15) is 34.1 Å². The molecular weight excluding hydrogens is 134 g/mol. The molecule has 0 bridgehead atoms. The van der Waals surface area contributed by atoms with E-state index in [2.05, 4.69) is 26.0 Å². The molecule has 0 saturated heterocycles. The maximum atomic E-state index is 5.76. The lowest BCUT2D eigenvalue weighted by molar-refractivity contribution is 0.652. The van der Waals surface area contributed by atoms with E-state index in [4.69, 9.17) is 5.73 Å². The van der Waals surface area contributed by atoms with Crippen molar-refractivity contribution >= 4 is 0 Å². The van der Waals surface area contributed by atoms with Crippen molar-refractivity contribution in [3.63, 3.8) is 0 Å². The minimum absolute atomic E-state index is 0.173. The van der Waals surface area contributed by atoms with Crippen molar-refractivity contribution in [2.45, 2.75) is 39.7 Å². The highest BCUT2D eigenvalue weighted by molar-refractivity contribution is 5.07. The summed E-state index contributed by atoms with van der Waals surface area (Å²) in [5.74, 6) is 0. The summed E-state index contributed by atoms with van der Waals surface area (Å²) < 4.78 is 0. The fourth-order valence-corrected chi connectivity index (χ4v) is 0.666. The zero-order valence-electron chi connectivity index (χ0n) is 8.02. The molecule has 0 amide bonds. The lowest BCUT2D eigenvalue weighted by atomic mass is 10.1. The van der Waals surface area contributed by atoms with E-state index in [9.17, 15) is 0 Å². The van der Waals surface area contributed by atoms with Crippen molar-refractivity contribution in [3.8, 4) is 0 Å². The van der Waals surface area contributed by atoms with Gasteiger partial charge in [0.15, 0.2) is 0 Å². The molecule has 1 heteroatoms. The van der Waals surface area contributed by atoms with Gasteiger partial charge in [-0.05, 0) is 34.1 Å². The molecular formula is C10H19N. The standard InChI is InChI=1S/C10H19N/c1-5-9(2)7-6-8-10(3,4)11/h5-6,8H,7,11H2,1-4H3/b8-6+,9-5+. The Bertz CT molecular complexity index is 158. The smallest absolute Gasteiger partial charge is 0.0281 e. The SMILES string of the molecule is C/C=C(\C)C/C=C/C(C)(C)N. The molecule has 0 aromatic heterocycles. The van der Waals surface area contributed by atoms with Crippen LogP contribution in [-0.2, 0) is 0 Å². The van der Waals surface area contributed by atoms with Crippen molar-refractivity contribution in [3.05, 3.63) is 23.8 Å². The second-order valence-electron chi connectivity index (χ2n) is 3.56. The van der Waals surface area contributed by atoms with Crippen molar-refractivity contribution in [2.24, 2.45) is 5.73 Å². The summed E-state index contributed by atoms with van der Waals surface area (Å²) in [4.78, 5) is 0. The third kappa shape index (κ3) is 7.34. The van der Waals surface area contributed by atoms with Gasteiger partial charge < -0.3 is 5.73 Å². The monoisotopic (exact) mass is 153 g/mol. The van der Waals surface area contributed by atoms with E-state index in [1.165, 1.54) is 5.57 Å². The third-order valence-electron chi connectivity index (χ3n) is 1.48. The molecule has 0 spiro atoms. The predicted molar refractivity (Wildman–Crippen MR) is 51.5 cm³/mol. The second-order valence-corrected chi connectivity index (χ2v) is 3.56. The molecule has 11 heavy (non-hydrogen) atoms. The van der Waals surface area contributed by atoms with E-state index < -0.39 is 0 Å². The van der Waals surface area contributed by atoms with Gasteiger partial charge in [0.2, 0.25) is 0 Å². The number of allylic oxidation sites excluding steroid dienone is 3. The van der Waals surface area contributed by atoms with Crippen molar-refractivity contribution in [1.29, 1.82) is 0 Å². The van der Waals surface area contributed by atoms with Crippen LogP contribution in [0.4, 0.5) is 0 Å². The molecule has 0 aliphatic rings. The van der Waals surface area contributed by atoms with Crippen LogP contribution in [0.15, 0.2) is 23.8 Å². The Morgan fingerprint density at radius 1 is 1.45 bits per heavy atom. The molecule has 1 nitrogen and oxygen atoms in total. The maximum Gasteiger partial charge on any atom is 0.0281 e. The lowest BCUT2D eigenvalue weighted by Gasteiger charge is -2.11. The summed E-state index contributed by atoms with van der Waals surface area (Å²) in [5.41, 5.74) is 6.96. The fraction of sp³-hybridized carbons (Fsp3) is 0.600. The maximum absolute atomic E-state index is 5.76. The van der Waals surface area contributed by atoms with E-state index in [0.29, 0.717) is 0 Å². The highest BCUT2D eigenvalue weighted by Crippen LogP contribution is 2.04. The van der Waals surface area contributed by atoms with Gasteiger partial charge in [0, 0.05) is 5.54 Å². The normalized spacial score (nSPS) is 14.5. The first-order valence-electron chi connectivity index (χ1n) is 4.04. The number of rotatable bonds is 3. The van der Waals surface area contributed by atoms with Crippen molar-refractivity contribution < 1.29 is 0 Å². The van der Waals surface area contributed by atoms with Crippen molar-refractivity contribution in [2.75, 3.05) is 0 Å². The van der Waals surface area contributed by atoms with Gasteiger partial charge in [-0.1, -0.05) is 23.8 Å². The summed E-state index contributed by atoms with van der Waals surface area (Å²) >= 11 is 0. The van der Waals surface area contributed by atoms with E-state index in [1.807, 2.05) is 19.9 Å². The summed E-state index contributed by atoms with van der Waals surface area (Å²) in [6.45, 7) is 8.16.